The van der Waals surface area contributed by atoms with Gasteiger partial charge in [0.15, 0.2) is 0 Å². The number of aryl methyl sites for hydroxylation is 2. The van der Waals surface area contributed by atoms with E-state index in [-0.39, 0.29) is 0 Å². The molecule has 0 amide bonds. The number of hydrogen-bond donors (Lipinski definition) is 1. The number of nitrogens with zero attached hydrogens (tertiary/aromatic N) is 1. The Morgan fingerprint density at radius 2 is 2.00 bits per heavy atom. The van der Waals surface area contributed by atoms with Gasteiger partial charge in [-0.25, -0.2) is 0 Å². The monoisotopic (exact) mass is 306 g/mol. The minimum Gasteiger partial charge on any atom is -0.346 e. The summed E-state index contributed by atoms with van der Waals surface area (Å²) in [6.07, 6.45) is 2.48. The van der Waals surface area contributed by atoms with Gasteiger partial charge in [-0.1, -0.05) is 18.2 Å². The quantitative estimate of drug-likeness (QED) is 0.850. The van der Waals surface area contributed by atoms with Crippen LogP contribution in [-0.2, 0) is 7.05 Å². The van der Waals surface area contributed by atoms with Crippen LogP contribution in [0.25, 0.3) is 10.9 Å². The van der Waals surface area contributed by atoms with Gasteiger partial charge in [0.05, 0.1) is 5.52 Å². The zero-order valence-electron chi connectivity index (χ0n) is 11.0. The van der Waals surface area contributed by atoms with Crippen molar-refractivity contribution in [2.75, 3.05) is 13.1 Å². The van der Waals surface area contributed by atoms with Crippen molar-refractivity contribution in [2.45, 2.75) is 25.7 Å². The SMILES string of the molecule is Cc1cccc2c(Br)c(C3CCNCC3)n(C)c12. The van der Waals surface area contributed by atoms with Crippen LogP contribution in [0.1, 0.15) is 30.0 Å². The Labute approximate surface area is 116 Å². The van der Waals surface area contributed by atoms with E-state index in [1.807, 2.05) is 0 Å². The van der Waals surface area contributed by atoms with Crippen LogP contribution < -0.4 is 5.32 Å². The lowest BCUT2D eigenvalue weighted by atomic mass is 9.94. The maximum atomic E-state index is 3.83. The highest BCUT2D eigenvalue weighted by molar-refractivity contribution is 9.10. The minimum atomic E-state index is 0.678. The molecule has 0 radical (unpaired) electrons. The molecule has 0 aliphatic carbocycles. The third-order valence-electron chi connectivity index (χ3n) is 4.12. The highest BCUT2D eigenvalue weighted by Crippen LogP contribution is 2.38. The number of piperidine rings is 1. The Balaban J connectivity index is 2.20. The Morgan fingerprint density at radius 3 is 2.67 bits per heavy atom. The van der Waals surface area contributed by atoms with Crippen molar-refractivity contribution in [1.29, 1.82) is 0 Å². The second-order valence-corrected chi connectivity index (χ2v) is 6.05. The average molecular weight is 307 g/mol. The van der Waals surface area contributed by atoms with Crippen molar-refractivity contribution >= 4 is 26.8 Å². The van der Waals surface area contributed by atoms with Crippen LogP contribution in [0.3, 0.4) is 0 Å². The molecule has 3 rings (SSSR count). The van der Waals surface area contributed by atoms with Crippen LogP contribution in [0.2, 0.25) is 0 Å². The van der Waals surface area contributed by atoms with Gasteiger partial charge in [0.2, 0.25) is 0 Å². The van der Waals surface area contributed by atoms with Crippen LogP contribution in [0.5, 0.6) is 0 Å². The van der Waals surface area contributed by atoms with Crippen LogP contribution in [-0.4, -0.2) is 17.7 Å². The van der Waals surface area contributed by atoms with Crippen molar-refractivity contribution < 1.29 is 0 Å². The molecule has 0 atom stereocenters. The number of benzene rings is 1. The Kier molecular flexibility index (Phi) is 3.20. The molecule has 1 aliphatic heterocycles. The van der Waals surface area contributed by atoms with E-state index in [1.165, 1.54) is 39.5 Å². The normalized spacial score (nSPS) is 17.5. The summed E-state index contributed by atoms with van der Waals surface area (Å²) in [5.74, 6) is 0.678. The van der Waals surface area contributed by atoms with Crippen LogP contribution in [0, 0.1) is 6.92 Å². The van der Waals surface area contributed by atoms with Gasteiger partial charge >= 0.3 is 0 Å². The maximum absolute atomic E-state index is 3.83. The van der Waals surface area contributed by atoms with Crippen molar-refractivity contribution in [3.63, 3.8) is 0 Å². The van der Waals surface area contributed by atoms with Crippen molar-refractivity contribution in [3.05, 3.63) is 33.9 Å². The molecule has 2 heterocycles. The third-order valence-corrected chi connectivity index (χ3v) is 4.96. The second-order valence-electron chi connectivity index (χ2n) is 5.25. The van der Waals surface area contributed by atoms with Crippen molar-refractivity contribution in [2.24, 2.45) is 7.05 Å². The summed E-state index contributed by atoms with van der Waals surface area (Å²) < 4.78 is 3.70. The van der Waals surface area contributed by atoms with Crippen molar-refractivity contribution in [1.82, 2.24) is 9.88 Å². The fourth-order valence-corrected chi connectivity index (χ4v) is 4.15. The summed E-state index contributed by atoms with van der Waals surface area (Å²) in [5.41, 5.74) is 4.20. The zero-order valence-corrected chi connectivity index (χ0v) is 12.5. The lowest BCUT2D eigenvalue weighted by Gasteiger charge is -2.24. The molecule has 2 aromatic rings. The number of aromatic nitrogens is 1. The summed E-state index contributed by atoms with van der Waals surface area (Å²) in [6.45, 7) is 4.47. The molecule has 1 aromatic carbocycles. The number of rotatable bonds is 1. The predicted octanol–water partition coefficient (Wildman–Crippen LogP) is 3.72. The fourth-order valence-electron chi connectivity index (χ4n) is 3.24. The van der Waals surface area contributed by atoms with E-state index >= 15 is 0 Å². The zero-order chi connectivity index (χ0) is 12.7. The van der Waals surface area contributed by atoms with Gasteiger partial charge in [-0.3, -0.25) is 0 Å². The number of nitrogens with one attached hydrogen (secondary N) is 1. The van der Waals surface area contributed by atoms with E-state index in [9.17, 15) is 0 Å². The first-order valence-corrected chi connectivity index (χ1v) is 7.43. The number of fused-ring (bicyclic) bond motifs is 1. The van der Waals surface area contributed by atoms with Crippen LogP contribution >= 0.6 is 15.9 Å². The summed E-state index contributed by atoms with van der Waals surface area (Å²) >= 11 is 3.83. The van der Waals surface area contributed by atoms with Gasteiger partial charge < -0.3 is 9.88 Å². The summed E-state index contributed by atoms with van der Waals surface area (Å²) in [5, 5.41) is 4.80. The summed E-state index contributed by atoms with van der Waals surface area (Å²) in [4.78, 5) is 0. The highest BCUT2D eigenvalue weighted by Gasteiger charge is 2.23. The van der Waals surface area contributed by atoms with Gasteiger partial charge in [0, 0.05) is 28.5 Å². The van der Waals surface area contributed by atoms with Gasteiger partial charge in [-0.05, 0) is 54.3 Å². The van der Waals surface area contributed by atoms with Gasteiger partial charge in [0.25, 0.3) is 0 Å². The van der Waals surface area contributed by atoms with E-state index in [0.717, 1.165) is 13.1 Å². The molecule has 0 saturated carbocycles. The largest absolute Gasteiger partial charge is 0.346 e. The average Bonchev–Trinajstić information content (AvgIpc) is 2.64. The molecular formula is C15H19BrN2. The number of halogens is 1. The standard InChI is InChI=1S/C15H19BrN2/c1-10-4-3-5-12-13(16)15(18(2)14(10)12)11-6-8-17-9-7-11/h3-5,11,17H,6-9H2,1-2H3. The lowest BCUT2D eigenvalue weighted by molar-refractivity contribution is 0.445. The Hall–Kier alpha value is -0.800. The van der Waals surface area contributed by atoms with E-state index in [0.29, 0.717) is 5.92 Å². The Bertz CT molecular complexity index is 580. The number of para-hydroxylation sites is 1. The highest BCUT2D eigenvalue weighted by atomic mass is 79.9. The van der Waals surface area contributed by atoms with E-state index in [4.69, 9.17) is 0 Å². The summed E-state index contributed by atoms with van der Waals surface area (Å²) in [7, 11) is 2.21. The molecule has 1 N–H and O–H groups in total. The molecule has 2 nitrogen and oxygen atoms in total. The topological polar surface area (TPSA) is 17.0 Å². The first kappa shape index (κ1) is 12.2. The smallest absolute Gasteiger partial charge is 0.0521 e. The summed E-state index contributed by atoms with van der Waals surface area (Å²) in [6, 6.07) is 6.56. The minimum absolute atomic E-state index is 0.678. The molecule has 3 heteroatoms. The van der Waals surface area contributed by atoms with Gasteiger partial charge in [-0.2, -0.15) is 0 Å². The van der Waals surface area contributed by atoms with E-state index < -0.39 is 0 Å². The molecule has 1 fully saturated rings. The molecule has 0 bridgehead atoms. The molecule has 1 aromatic heterocycles. The second kappa shape index (κ2) is 4.71. The van der Waals surface area contributed by atoms with Crippen molar-refractivity contribution in [3.8, 4) is 0 Å². The van der Waals surface area contributed by atoms with Gasteiger partial charge in [-0.15, -0.1) is 0 Å². The van der Waals surface area contributed by atoms with E-state index in [1.54, 1.807) is 0 Å². The lowest BCUT2D eigenvalue weighted by Crippen LogP contribution is -2.27. The molecule has 18 heavy (non-hydrogen) atoms. The molecule has 1 aliphatic rings. The first-order chi connectivity index (χ1) is 8.70. The van der Waals surface area contributed by atoms with Crippen LogP contribution in [0.4, 0.5) is 0 Å². The first-order valence-electron chi connectivity index (χ1n) is 6.64. The number of hydrogen-bond acceptors (Lipinski definition) is 1. The van der Waals surface area contributed by atoms with E-state index in [2.05, 4.69) is 58.0 Å². The predicted molar refractivity (Wildman–Crippen MR) is 80.2 cm³/mol. The molecule has 96 valence electrons. The van der Waals surface area contributed by atoms with Crippen LogP contribution in [0.15, 0.2) is 22.7 Å². The Morgan fingerprint density at radius 1 is 1.28 bits per heavy atom. The maximum Gasteiger partial charge on any atom is 0.0521 e. The fraction of sp³-hybridized carbons (Fsp3) is 0.467. The molecule has 0 unspecified atom stereocenters. The molecular weight excluding hydrogens is 288 g/mol. The van der Waals surface area contributed by atoms with Gasteiger partial charge in [0.1, 0.15) is 0 Å². The third kappa shape index (κ3) is 1.81. The molecule has 1 saturated heterocycles. The molecule has 0 spiro atoms.